The Kier molecular flexibility index (Phi) is 4.33. The molecule has 0 unspecified atom stereocenters. The van der Waals surface area contributed by atoms with Crippen LogP contribution in [0.25, 0.3) is 18.3 Å². The van der Waals surface area contributed by atoms with Crippen LogP contribution in [-0.2, 0) is 0 Å². The summed E-state index contributed by atoms with van der Waals surface area (Å²) in [5.41, 5.74) is 14.9. The van der Waals surface area contributed by atoms with Crippen molar-refractivity contribution in [1.82, 2.24) is 0 Å². The molecule has 1 aromatic heterocycles. The van der Waals surface area contributed by atoms with E-state index in [-0.39, 0.29) is 11.7 Å². The molecular weight excluding hydrogens is 400 g/mol. The van der Waals surface area contributed by atoms with Gasteiger partial charge >= 0.3 is 144 Å². The fourth-order valence-corrected chi connectivity index (χ4v) is 5.18. The molecule has 2 aromatic carbocycles. The summed E-state index contributed by atoms with van der Waals surface area (Å²) in [6.07, 6.45) is 0. The van der Waals surface area contributed by atoms with Crippen molar-refractivity contribution >= 4 is 32.1 Å². The van der Waals surface area contributed by atoms with E-state index in [4.69, 9.17) is 22.3 Å². The van der Waals surface area contributed by atoms with Gasteiger partial charge in [0.25, 0.3) is 0 Å². The summed E-state index contributed by atoms with van der Waals surface area (Å²) in [5.74, 6) is 0.190. The van der Waals surface area contributed by atoms with E-state index in [2.05, 4.69) is 12.1 Å². The summed E-state index contributed by atoms with van der Waals surface area (Å²) in [5, 5.41) is 14.9. The Morgan fingerprint density at radius 1 is 0.609 bits per heavy atom. The third-order valence-electron chi connectivity index (χ3n) is 3.57. The molecule has 0 spiro atoms. The van der Waals surface area contributed by atoms with Crippen molar-refractivity contribution in [2.75, 3.05) is 0 Å². The Bertz CT molecular complexity index is 789. The van der Waals surface area contributed by atoms with Crippen LogP contribution in [0, 0.1) is 10.8 Å². The summed E-state index contributed by atoms with van der Waals surface area (Å²) in [4.78, 5) is 0. The van der Waals surface area contributed by atoms with E-state index in [1.54, 1.807) is 0 Å². The quantitative estimate of drug-likeness (QED) is 0.299. The zero-order valence-corrected chi connectivity index (χ0v) is 14.7. The molecule has 3 rings (SSSR count). The van der Waals surface area contributed by atoms with Crippen LogP contribution < -0.4 is 11.5 Å². The van der Waals surface area contributed by atoms with E-state index in [1.165, 1.54) is 18.3 Å². The third kappa shape index (κ3) is 3.37. The van der Waals surface area contributed by atoms with Crippen LogP contribution in [0.5, 0.6) is 0 Å². The van der Waals surface area contributed by atoms with Crippen molar-refractivity contribution in [1.29, 1.82) is 10.8 Å². The molecule has 0 radical (unpaired) electrons. The van der Waals surface area contributed by atoms with Crippen molar-refractivity contribution in [3.05, 3.63) is 71.8 Å². The van der Waals surface area contributed by atoms with Crippen molar-refractivity contribution < 1.29 is 0 Å². The second kappa shape index (κ2) is 6.41. The molecule has 0 saturated carbocycles. The first-order chi connectivity index (χ1) is 11.0. The van der Waals surface area contributed by atoms with Gasteiger partial charge in [-0.25, -0.2) is 0 Å². The van der Waals surface area contributed by atoms with E-state index < -0.39 is 20.4 Å². The number of hydrogen-bond donors (Lipinski definition) is 4. The van der Waals surface area contributed by atoms with Gasteiger partial charge in [-0.1, -0.05) is 0 Å². The van der Waals surface area contributed by atoms with Crippen LogP contribution in [0.1, 0.15) is 11.1 Å². The minimum absolute atomic E-state index is 0.0952. The monoisotopic (exact) mass is 418 g/mol. The normalized spacial score (nSPS) is 10.4. The van der Waals surface area contributed by atoms with E-state index in [0.717, 1.165) is 11.1 Å². The first kappa shape index (κ1) is 15.5. The van der Waals surface area contributed by atoms with Gasteiger partial charge in [0, 0.05) is 0 Å². The number of rotatable bonds is 4. The zero-order chi connectivity index (χ0) is 16.4. The van der Waals surface area contributed by atoms with Crippen LogP contribution in [0.3, 0.4) is 0 Å². The number of nitrogens with two attached hydrogens (primary N) is 2. The van der Waals surface area contributed by atoms with Crippen LogP contribution in [0.2, 0.25) is 0 Å². The molecule has 23 heavy (non-hydrogen) atoms. The first-order valence-electron chi connectivity index (χ1n) is 7.04. The molecule has 0 amide bonds. The van der Waals surface area contributed by atoms with Gasteiger partial charge in [-0.3, -0.25) is 0 Å². The Labute approximate surface area is 144 Å². The SMILES string of the molecule is N=C(N)c1ccc(-c2ccc(-c3ccc(C(=N)N)cc3)[te]2)cc1. The second-order valence-corrected chi connectivity index (χ2v) is 8.24. The molecule has 0 atom stereocenters. The Morgan fingerprint density at radius 2 is 0.957 bits per heavy atom. The summed E-state index contributed by atoms with van der Waals surface area (Å²) < 4.78 is 2.74. The van der Waals surface area contributed by atoms with E-state index in [0.29, 0.717) is 0 Å². The summed E-state index contributed by atoms with van der Waals surface area (Å²) >= 11 is -0.447. The number of amidine groups is 2. The number of nitrogens with one attached hydrogen (secondary N) is 2. The Balaban J connectivity index is 1.87. The predicted molar refractivity (Wildman–Crippen MR) is 96.3 cm³/mol. The zero-order valence-electron chi connectivity index (χ0n) is 12.3. The fourth-order valence-electron chi connectivity index (χ4n) is 2.28. The first-order valence-corrected chi connectivity index (χ1v) is 9.37. The van der Waals surface area contributed by atoms with Gasteiger partial charge in [-0.05, 0) is 0 Å². The minimum atomic E-state index is -0.447. The second-order valence-electron chi connectivity index (χ2n) is 5.15. The van der Waals surface area contributed by atoms with Crippen molar-refractivity contribution in [3.8, 4) is 18.3 Å². The molecule has 0 aliphatic heterocycles. The standard InChI is InChI=1S/C18H16N4Te/c19-17(20)13-5-1-11(2-6-13)15-9-10-16(23-15)12-3-7-14(8-4-12)18(21)22/h1-10H,(H3,19,20)(H3,21,22). The number of hydrogen-bond acceptors (Lipinski definition) is 2. The topological polar surface area (TPSA) is 99.7 Å². The van der Waals surface area contributed by atoms with Gasteiger partial charge in [-0.15, -0.1) is 0 Å². The Morgan fingerprint density at radius 3 is 1.26 bits per heavy atom. The predicted octanol–water partition coefficient (Wildman–Crippen LogP) is 2.65. The molecular formula is C18H16N4Te. The van der Waals surface area contributed by atoms with Crippen LogP contribution in [0.4, 0.5) is 0 Å². The van der Waals surface area contributed by atoms with Gasteiger partial charge in [0.2, 0.25) is 0 Å². The van der Waals surface area contributed by atoms with Crippen molar-refractivity contribution in [3.63, 3.8) is 0 Å². The van der Waals surface area contributed by atoms with Gasteiger partial charge in [0.05, 0.1) is 0 Å². The van der Waals surface area contributed by atoms with E-state index >= 15 is 0 Å². The molecule has 1 heterocycles. The van der Waals surface area contributed by atoms with Gasteiger partial charge < -0.3 is 0 Å². The molecule has 0 fully saturated rings. The van der Waals surface area contributed by atoms with E-state index in [1.807, 2.05) is 48.5 Å². The van der Waals surface area contributed by atoms with Crippen LogP contribution in [0.15, 0.2) is 60.7 Å². The van der Waals surface area contributed by atoms with Gasteiger partial charge in [0.1, 0.15) is 0 Å². The molecule has 114 valence electrons. The molecule has 0 aliphatic rings. The molecule has 5 heteroatoms. The maximum atomic E-state index is 7.44. The average molecular weight is 416 g/mol. The van der Waals surface area contributed by atoms with Gasteiger partial charge in [0.15, 0.2) is 0 Å². The summed E-state index contributed by atoms with van der Waals surface area (Å²) in [6, 6.07) is 20.1. The average Bonchev–Trinajstić information content (AvgIpc) is 3.05. The van der Waals surface area contributed by atoms with Crippen molar-refractivity contribution in [2.24, 2.45) is 11.5 Å². The molecule has 0 bridgehead atoms. The number of benzene rings is 2. The molecule has 3 aromatic rings. The van der Waals surface area contributed by atoms with E-state index in [9.17, 15) is 0 Å². The van der Waals surface area contributed by atoms with Gasteiger partial charge in [-0.2, -0.15) is 0 Å². The van der Waals surface area contributed by atoms with Crippen molar-refractivity contribution in [2.45, 2.75) is 0 Å². The molecule has 0 aliphatic carbocycles. The van der Waals surface area contributed by atoms with Crippen LogP contribution in [-0.4, -0.2) is 32.1 Å². The molecule has 4 nitrogen and oxygen atoms in total. The summed E-state index contributed by atoms with van der Waals surface area (Å²) in [6.45, 7) is 0. The third-order valence-corrected chi connectivity index (χ3v) is 6.94. The number of nitrogen functional groups attached to an aromatic ring is 2. The fraction of sp³-hybridized carbons (Fsp3) is 0. The molecule has 6 N–H and O–H groups in total. The molecule has 0 saturated heterocycles. The Hall–Kier alpha value is -2.35. The summed E-state index contributed by atoms with van der Waals surface area (Å²) in [7, 11) is 0. The maximum absolute atomic E-state index is 7.44. The van der Waals surface area contributed by atoms with Crippen LogP contribution >= 0.6 is 0 Å².